The molecule has 2 unspecified atom stereocenters. The smallest absolute Gasteiger partial charge is 0.225 e. The lowest BCUT2D eigenvalue weighted by molar-refractivity contribution is -0.116. The number of benzene rings is 1. The van der Waals surface area contributed by atoms with Crippen molar-refractivity contribution in [3.05, 3.63) is 29.8 Å². The van der Waals surface area contributed by atoms with Gasteiger partial charge in [0.1, 0.15) is 0 Å². The molecule has 0 aromatic heterocycles. The molecule has 1 aliphatic carbocycles. The molecule has 2 fully saturated rings. The molecule has 1 aromatic carbocycles. The second kappa shape index (κ2) is 9.74. The maximum absolute atomic E-state index is 12.6. The fraction of sp³-hybridized carbons (Fsp3) is 0.632. The van der Waals surface area contributed by atoms with Crippen LogP contribution in [0.4, 0.5) is 5.69 Å². The van der Waals surface area contributed by atoms with E-state index >= 15 is 0 Å². The quantitative estimate of drug-likeness (QED) is 0.795. The highest BCUT2D eigenvalue weighted by molar-refractivity contribution is 7.99. The summed E-state index contributed by atoms with van der Waals surface area (Å²) in [5.74, 6) is 2.76. The van der Waals surface area contributed by atoms with Gasteiger partial charge >= 0.3 is 0 Å². The van der Waals surface area contributed by atoms with Gasteiger partial charge in [-0.3, -0.25) is 9.00 Å². The second-order valence-corrected chi connectivity index (χ2v) is 9.83. The summed E-state index contributed by atoms with van der Waals surface area (Å²) >= 11 is 1.90. The summed E-state index contributed by atoms with van der Waals surface area (Å²) in [5.41, 5.74) is 1.86. The van der Waals surface area contributed by atoms with Crippen LogP contribution in [0, 0.1) is 0 Å². The maximum Gasteiger partial charge on any atom is 0.225 e. The maximum atomic E-state index is 12.6. The minimum atomic E-state index is -0.809. The van der Waals surface area contributed by atoms with E-state index in [4.69, 9.17) is 0 Å². The molecule has 3 rings (SSSR count). The molecule has 2 N–H and O–H groups in total. The first kappa shape index (κ1) is 18.9. The third-order valence-electron chi connectivity index (χ3n) is 4.87. The van der Waals surface area contributed by atoms with Crippen molar-refractivity contribution in [3.63, 3.8) is 0 Å². The van der Waals surface area contributed by atoms with Gasteiger partial charge in [-0.15, -0.1) is 0 Å². The summed E-state index contributed by atoms with van der Waals surface area (Å²) in [5, 5.41) is 6.73. The molecule has 2 atom stereocenters. The van der Waals surface area contributed by atoms with Gasteiger partial charge in [-0.1, -0.05) is 31.4 Å². The summed E-state index contributed by atoms with van der Waals surface area (Å²) in [6, 6.07) is 8.10. The summed E-state index contributed by atoms with van der Waals surface area (Å²) < 4.78 is 12.6. The average molecular weight is 381 g/mol. The Balaban J connectivity index is 1.51. The molecule has 0 radical (unpaired) electrons. The summed E-state index contributed by atoms with van der Waals surface area (Å²) in [4.78, 5) is 12.2. The third-order valence-corrected chi connectivity index (χ3v) is 7.84. The third kappa shape index (κ3) is 6.12. The molecule has 6 heteroatoms. The lowest BCUT2D eigenvalue weighted by atomic mass is 10.0. The lowest BCUT2D eigenvalue weighted by Crippen LogP contribution is -2.39. The van der Waals surface area contributed by atoms with Gasteiger partial charge in [0.15, 0.2) is 0 Å². The van der Waals surface area contributed by atoms with E-state index in [0.717, 1.165) is 42.1 Å². The zero-order valence-electron chi connectivity index (χ0n) is 14.7. The molecule has 1 aliphatic heterocycles. The van der Waals surface area contributed by atoms with Crippen molar-refractivity contribution in [2.24, 2.45) is 0 Å². The van der Waals surface area contributed by atoms with Gasteiger partial charge in [0.05, 0.1) is 0 Å². The number of amides is 1. The molecule has 1 heterocycles. The highest BCUT2D eigenvalue weighted by atomic mass is 32.2. The Morgan fingerprint density at radius 3 is 2.88 bits per heavy atom. The Morgan fingerprint density at radius 2 is 2.12 bits per heavy atom. The molecule has 4 nitrogen and oxygen atoms in total. The summed E-state index contributed by atoms with van der Waals surface area (Å²) in [6.45, 7) is 0.977. The van der Waals surface area contributed by atoms with Crippen LogP contribution in [-0.2, 0) is 21.3 Å². The van der Waals surface area contributed by atoms with E-state index in [1.165, 1.54) is 19.3 Å². The predicted octanol–water partition coefficient (Wildman–Crippen LogP) is 3.30. The Bertz CT molecular complexity index is 597. The van der Waals surface area contributed by atoms with E-state index in [1.807, 2.05) is 36.0 Å². The van der Waals surface area contributed by atoms with Gasteiger partial charge in [-0.25, -0.2) is 0 Å². The first-order valence-corrected chi connectivity index (χ1v) is 11.8. The topological polar surface area (TPSA) is 58.2 Å². The van der Waals surface area contributed by atoms with Gasteiger partial charge < -0.3 is 10.6 Å². The Hall–Kier alpha value is -0.850. The van der Waals surface area contributed by atoms with E-state index in [9.17, 15) is 9.00 Å². The van der Waals surface area contributed by atoms with Crippen LogP contribution in [0.2, 0.25) is 0 Å². The Kier molecular flexibility index (Phi) is 7.37. The van der Waals surface area contributed by atoms with Crippen molar-refractivity contribution >= 4 is 34.2 Å². The number of hydrogen-bond acceptors (Lipinski definition) is 4. The van der Waals surface area contributed by atoms with Crippen LogP contribution in [-0.4, -0.2) is 39.5 Å². The van der Waals surface area contributed by atoms with Crippen LogP contribution in [0.15, 0.2) is 24.3 Å². The highest BCUT2D eigenvalue weighted by Crippen LogP contribution is 2.24. The standard InChI is InChI=1S/C19H28N2O2S2/c22-19(12-17-13-24-10-9-20-17)21-16-6-4-5-15(11-16)14-25(23)18-7-2-1-3-8-18/h4-6,11,17-18,20H,1-3,7-10,12-14H2,(H,21,22). The molecular formula is C19H28N2O2S2. The van der Waals surface area contributed by atoms with Gasteiger partial charge in [0.2, 0.25) is 5.91 Å². The van der Waals surface area contributed by atoms with Crippen molar-refractivity contribution < 1.29 is 9.00 Å². The molecule has 0 bridgehead atoms. The first-order chi connectivity index (χ1) is 12.2. The molecule has 0 spiro atoms. The van der Waals surface area contributed by atoms with Gasteiger partial charge in [-0.05, 0) is 30.5 Å². The Labute approximate surface area is 157 Å². The highest BCUT2D eigenvalue weighted by Gasteiger charge is 2.20. The number of nitrogens with one attached hydrogen (secondary N) is 2. The average Bonchev–Trinajstić information content (AvgIpc) is 2.63. The zero-order chi connectivity index (χ0) is 17.5. The molecular weight excluding hydrogens is 352 g/mol. The van der Waals surface area contributed by atoms with E-state index < -0.39 is 10.8 Å². The van der Waals surface area contributed by atoms with Crippen LogP contribution in [0.1, 0.15) is 44.1 Å². The van der Waals surface area contributed by atoms with Gasteiger partial charge in [-0.2, -0.15) is 11.8 Å². The van der Waals surface area contributed by atoms with Gasteiger partial charge in [0, 0.05) is 58.0 Å². The zero-order valence-corrected chi connectivity index (χ0v) is 16.3. The second-order valence-electron chi connectivity index (χ2n) is 6.96. The summed E-state index contributed by atoms with van der Waals surface area (Å²) in [7, 11) is -0.809. The molecule has 1 saturated carbocycles. The number of carbonyl (C=O) groups is 1. The normalized spacial score (nSPS) is 23.1. The van der Waals surface area contributed by atoms with Crippen molar-refractivity contribution in [2.45, 2.75) is 55.6 Å². The first-order valence-electron chi connectivity index (χ1n) is 9.28. The summed E-state index contributed by atoms with van der Waals surface area (Å²) in [6.07, 6.45) is 6.39. The minimum absolute atomic E-state index is 0.0468. The van der Waals surface area contributed by atoms with Crippen molar-refractivity contribution in [3.8, 4) is 0 Å². The molecule has 1 aromatic rings. The predicted molar refractivity (Wildman–Crippen MR) is 108 cm³/mol. The SMILES string of the molecule is O=C(CC1CSCCN1)Nc1cccc(CS(=O)C2CCCCC2)c1. The lowest BCUT2D eigenvalue weighted by Gasteiger charge is -2.22. The fourth-order valence-corrected chi connectivity index (χ4v) is 6.09. The molecule has 2 aliphatic rings. The fourth-order valence-electron chi connectivity index (χ4n) is 3.54. The number of thioether (sulfide) groups is 1. The van der Waals surface area contributed by atoms with Gasteiger partial charge in [0.25, 0.3) is 0 Å². The Morgan fingerprint density at radius 1 is 1.28 bits per heavy atom. The molecule has 1 saturated heterocycles. The minimum Gasteiger partial charge on any atom is -0.326 e. The number of hydrogen-bond donors (Lipinski definition) is 2. The number of carbonyl (C=O) groups excluding carboxylic acids is 1. The van der Waals surface area contributed by atoms with Crippen molar-refractivity contribution in [2.75, 3.05) is 23.4 Å². The number of anilines is 1. The van der Waals surface area contributed by atoms with E-state index in [0.29, 0.717) is 17.4 Å². The van der Waals surface area contributed by atoms with Crippen LogP contribution in [0.3, 0.4) is 0 Å². The number of rotatable bonds is 6. The van der Waals surface area contributed by atoms with E-state index in [1.54, 1.807) is 0 Å². The van der Waals surface area contributed by atoms with Crippen LogP contribution < -0.4 is 10.6 Å². The van der Waals surface area contributed by atoms with Crippen molar-refractivity contribution in [1.82, 2.24) is 5.32 Å². The van der Waals surface area contributed by atoms with E-state index in [-0.39, 0.29) is 11.9 Å². The molecule has 138 valence electrons. The largest absolute Gasteiger partial charge is 0.326 e. The molecule has 1 amide bonds. The van der Waals surface area contributed by atoms with Crippen LogP contribution in [0.25, 0.3) is 0 Å². The van der Waals surface area contributed by atoms with Crippen LogP contribution in [0.5, 0.6) is 0 Å². The van der Waals surface area contributed by atoms with Crippen molar-refractivity contribution in [1.29, 1.82) is 0 Å². The van der Waals surface area contributed by atoms with Crippen LogP contribution >= 0.6 is 11.8 Å². The van der Waals surface area contributed by atoms with E-state index in [2.05, 4.69) is 10.6 Å². The monoisotopic (exact) mass is 380 g/mol. The molecule has 25 heavy (non-hydrogen) atoms.